The van der Waals surface area contributed by atoms with Crippen LogP contribution in [0.1, 0.15) is 27.0 Å². The van der Waals surface area contributed by atoms with Gasteiger partial charge >= 0.3 is 5.63 Å². The number of carbonyl (C=O) groups excluding carboxylic acids is 1. The van der Waals surface area contributed by atoms with Crippen LogP contribution in [0.4, 0.5) is 0 Å². The number of ether oxygens (including phenoxy) is 2. The number of amides is 1. The molecule has 1 saturated heterocycles. The third kappa shape index (κ3) is 4.34. The number of rotatable bonds is 5. The largest absolute Gasteiger partial charge is 0.493 e. The molecule has 0 unspecified atom stereocenters. The van der Waals surface area contributed by atoms with Crippen LogP contribution in [0.2, 0.25) is 0 Å². The van der Waals surface area contributed by atoms with E-state index in [2.05, 4.69) is 17.9 Å². The summed E-state index contributed by atoms with van der Waals surface area (Å²) in [5.74, 6) is 1.11. The van der Waals surface area contributed by atoms with E-state index in [1.54, 1.807) is 38.5 Å². The second-order valence-corrected chi connectivity index (χ2v) is 8.16. The van der Waals surface area contributed by atoms with Crippen molar-refractivity contribution in [2.75, 3.05) is 40.4 Å². The Hall–Kier alpha value is -3.32. The normalized spacial score (nSPS) is 14.6. The standard InChI is InChI=1S/C25H28N2O5/c1-16-11-20-19(14-24(28)32-22(20)12-17(16)2)15-26-7-9-27(10-8-26)25(29)18-5-6-21(30-3)23(13-18)31-4/h5-6,11-14H,7-10,15H2,1-4H3. The van der Waals surface area contributed by atoms with Crippen molar-refractivity contribution >= 4 is 16.9 Å². The van der Waals surface area contributed by atoms with E-state index >= 15 is 0 Å². The van der Waals surface area contributed by atoms with Crippen molar-refractivity contribution in [3.63, 3.8) is 0 Å². The number of piperazine rings is 1. The fourth-order valence-electron chi connectivity index (χ4n) is 4.12. The number of benzene rings is 2. The van der Waals surface area contributed by atoms with Crippen molar-refractivity contribution in [2.24, 2.45) is 0 Å². The van der Waals surface area contributed by atoms with Gasteiger partial charge in [0.1, 0.15) is 5.58 Å². The van der Waals surface area contributed by atoms with Crippen LogP contribution in [0, 0.1) is 13.8 Å². The maximum absolute atomic E-state index is 13.0. The molecule has 1 aromatic heterocycles. The molecule has 7 heteroatoms. The lowest BCUT2D eigenvalue weighted by Crippen LogP contribution is -2.48. The van der Waals surface area contributed by atoms with Gasteiger partial charge in [-0.3, -0.25) is 9.69 Å². The molecule has 0 spiro atoms. The molecule has 3 aromatic rings. The molecule has 0 N–H and O–H groups in total. The molecule has 1 aliphatic heterocycles. The fourth-order valence-corrected chi connectivity index (χ4v) is 4.12. The maximum atomic E-state index is 13.0. The SMILES string of the molecule is COc1ccc(C(=O)N2CCN(Cc3cc(=O)oc4cc(C)c(C)cc34)CC2)cc1OC. The number of hydrogen-bond acceptors (Lipinski definition) is 6. The molecule has 1 amide bonds. The molecular weight excluding hydrogens is 408 g/mol. The molecule has 2 aromatic carbocycles. The molecule has 32 heavy (non-hydrogen) atoms. The monoisotopic (exact) mass is 436 g/mol. The Labute approximate surface area is 187 Å². The molecular formula is C25H28N2O5. The number of nitrogens with zero attached hydrogens (tertiary/aromatic N) is 2. The summed E-state index contributed by atoms with van der Waals surface area (Å²) in [4.78, 5) is 29.2. The summed E-state index contributed by atoms with van der Waals surface area (Å²) in [6, 6.07) is 10.8. The minimum atomic E-state index is -0.335. The predicted molar refractivity (Wildman–Crippen MR) is 123 cm³/mol. The molecule has 1 fully saturated rings. The van der Waals surface area contributed by atoms with E-state index in [-0.39, 0.29) is 11.5 Å². The number of methoxy groups -OCH3 is 2. The van der Waals surface area contributed by atoms with E-state index in [1.165, 1.54) is 0 Å². The van der Waals surface area contributed by atoms with Gasteiger partial charge in [-0.2, -0.15) is 0 Å². The van der Waals surface area contributed by atoms with Gasteiger partial charge in [0.15, 0.2) is 11.5 Å². The van der Waals surface area contributed by atoms with E-state index in [1.807, 2.05) is 17.9 Å². The van der Waals surface area contributed by atoms with Crippen LogP contribution in [0.25, 0.3) is 11.0 Å². The zero-order valence-electron chi connectivity index (χ0n) is 18.9. The molecule has 0 radical (unpaired) electrons. The van der Waals surface area contributed by atoms with Crippen molar-refractivity contribution in [1.82, 2.24) is 9.80 Å². The van der Waals surface area contributed by atoms with Gasteiger partial charge in [-0.15, -0.1) is 0 Å². The molecule has 1 aliphatic rings. The summed E-state index contributed by atoms with van der Waals surface area (Å²) < 4.78 is 16.0. The van der Waals surface area contributed by atoms with Gasteiger partial charge in [0.05, 0.1) is 14.2 Å². The van der Waals surface area contributed by atoms with Gasteiger partial charge in [0, 0.05) is 49.7 Å². The van der Waals surface area contributed by atoms with E-state index < -0.39 is 0 Å². The molecule has 4 rings (SSSR count). The highest BCUT2D eigenvalue weighted by atomic mass is 16.5. The molecule has 7 nitrogen and oxygen atoms in total. The van der Waals surface area contributed by atoms with E-state index in [9.17, 15) is 9.59 Å². The van der Waals surface area contributed by atoms with Crippen LogP contribution in [-0.2, 0) is 6.54 Å². The summed E-state index contributed by atoms with van der Waals surface area (Å²) >= 11 is 0. The average molecular weight is 437 g/mol. The Morgan fingerprint density at radius 3 is 2.31 bits per heavy atom. The van der Waals surface area contributed by atoms with E-state index in [0.29, 0.717) is 42.3 Å². The third-order valence-corrected chi connectivity index (χ3v) is 6.13. The molecule has 0 saturated carbocycles. The van der Waals surface area contributed by atoms with Crippen molar-refractivity contribution in [2.45, 2.75) is 20.4 Å². The van der Waals surface area contributed by atoms with Gasteiger partial charge in [0.25, 0.3) is 5.91 Å². The second-order valence-electron chi connectivity index (χ2n) is 8.16. The first-order valence-corrected chi connectivity index (χ1v) is 10.7. The highest BCUT2D eigenvalue weighted by Gasteiger charge is 2.24. The minimum absolute atomic E-state index is 0.0255. The fraction of sp³-hybridized carbons (Fsp3) is 0.360. The van der Waals surface area contributed by atoms with Gasteiger partial charge in [-0.25, -0.2) is 4.79 Å². The van der Waals surface area contributed by atoms with Gasteiger partial charge < -0.3 is 18.8 Å². The average Bonchev–Trinajstić information content (AvgIpc) is 2.80. The lowest BCUT2D eigenvalue weighted by Gasteiger charge is -2.35. The summed E-state index contributed by atoms with van der Waals surface area (Å²) in [5, 5.41) is 0.969. The minimum Gasteiger partial charge on any atom is -0.493 e. The quantitative estimate of drug-likeness (QED) is 0.571. The zero-order valence-corrected chi connectivity index (χ0v) is 18.9. The van der Waals surface area contributed by atoms with Crippen LogP contribution in [0.3, 0.4) is 0 Å². The first-order valence-electron chi connectivity index (χ1n) is 10.7. The first kappa shape index (κ1) is 21.9. The van der Waals surface area contributed by atoms with Gasteiger partial charge in [-0.05, 0) is 60.9 Å². The molecule has 0 aliphatic carbocycles. The Bertz CT molecular complexity index is 1210. The summed E-state index contributed by atoms with van der Waals surface area (Å²) in [6.45, 7) is 7.40. The van der Waals surface area contributed by atoms with E-state index in [0.717, 1.165) is 35.2 Å². The maximum Gasteiger partial charge on any atom is 0.336 e. The topological polar surface area (TPSA) is 72.2 Å². The van der Waals surface area contributed by atoms with Crippen molar-refractivity contribution < 1.29 is 18.7 Å². The Balaban J connectivity index is 1.46. The van der Waals surface area contributed by atoms with Crippen LogP contribution in [-0.4, -0.2) is 56.1 Å². The number of fused-ring (bicyclic) bond motifs is 1. The first-order chi connectivity index (χ1) is 15.4. The molecule has 168 valence electrons. The van der Waals surface area contributed by atoms with Crippen LogP contribution in [0.15, 0.2) is 45.6 Å². The predicted octanol–water partition coefficient (Wildman–Crippen LogP) is 3.39. The van der Waals surface area contributed by atoms with Crippen LogP contribution in [0.5, 0.6) is 11.5 Å². The molecule has 2 heterocycles. The highest BCUT2D eigenvalue weighted by molar-refractivity contribution is 5.95. The Morgan fingerprint density at radius 2 is 1.62 bits per heavy atom. The number of hydrogen-bond donors (Lipinski definition) is 0. The third-order valence-electron chi connectivity index (χ3n) is 6.13. The smallest absolute Gasteiger partial charge is 0.336 e. The molecule has 0 bridgehead atoms. The highest BCUT2D eigenvalue weighted by Crippen LogP contribution is 2.28. The van der Waals surface area contributed by atoms with Crippen molar-refractivity contribution in [3.05, 3.63) is 69.1 Å². The number of aryl methyl sites for hydroxylation is 2. The summed E-state index contributed by atoms with van der Waals surface area (Å²) in [7, 11) is 3.13. The number of carbonyl (C=O) groups is 1. The Kier molecular flexibility index (Phi) is 6.19. The summed E-state index contributed by atoms with van der Waals surface area (Å²) in [6.07, 6.45) is 0. The summed E-state index contributed by atoms with van der Waals surface area (Å²) in [5.41, 5.74) is 4.08. The van der Waals surface area contributed by atoms with Gasteiger partial charge in [-0.1, -0.05) is 0 Å². The van der Waals surface area contributed by atoms with Gasteiger partial charge in [0.2, 0.25) is 0 Å². The molecule has 0 atom stereocenters. The van der Waals surface area contributed by atoms with E-state index in [4.69, 9.17) is 13.9 Å². The van der Waals surface area contributed by atoms with Crippen molar-refractivity contribution in [1.29, 1.82) is 0 Å². The lowest BCUT2D eigenvalue weighted by atomic mass is 10.0. The Morgan fingerprint density at radius 1 is 0.938 bits per heavy atom. The lowest BCUT2D eigenvalue weighted by molar-refractivity contribution is 0.0628. The second kappa shape index (κ2) is 9.04. The van der Waals surface area contributed by atoms with Crippen LogP contribution < -0.4 is 15.1 Å². The van der Waals surface area contributed by atoms with Crippen LogP contribution >= 0.6 is 0 Å². The zero-order chi connectivity index (χ0) is 22.8. The van der Waals surface area contributed by atoms with Crippen molar-refractivity contribution in [3.8, 4) is 11.5 Å².